The molecule has 0 aliphatic carbocycles. The van der Waals surface area contributed by atoms with Crippen molar-refractivity contribution in [2.45, 2.75) is 51.1 Å². The van der Waals surface area contributed by atoms with Crippen molar-refractivity contribution >= 4 is 35.0 Å². The van der Waals surface area contributed by atoms with Crippen LogP contribution < -0.4 is 5.32 Å². The summed E-state index contributed by atoms with van der Waals surface area (Å²) in [6, 6.07) is 0. The second-order valence-corrected chi connectivity index (χ2v) is 8.60. The maximum Gasteiger partial charge on any atom is 0.490 e. The number of carbonyl (C=O) groups excluding carboxylic acids is 2. The van der Waals surface area contributed by atoms with Gasteiger partial charge in [-0.15, -0.1) is 0 Å². The Labute approximate surface area is 175 Å². The Morgan fingerprint density at radius 3 is 2.43 bits per heavy atom. The molecule has 8 nitrogen and oxygen atoms in total. The molecule has 2 N–H and O–H groups in total. The van der Waals surface area contributed by atoms with Gasteiger partial charge in [0.1, 0.15) is 11.4 Å². The fraction of sp³-hybridized carbons (Fsp3) is 0.556. The van der Waals surface area contributed by atoms with E-state index in [0.717, 1.165) is 18.5 Å². The van der Waals surface area contributed by atoms with Gasteiger partial charge in [0.2, 0.25) is 0 Å². The van der Waals surface area contributed by atoms with E-state index >= 15 is 0 Å². The molecule has 0 aromatic carbocycles. The van der Waals surface area contributed by atoms with Crippen molar-refractivity contribution < 1.29 is 37.4 Å². The molecule has 1 atom stereocenters. The van der Waals surface area contributed by atoms with Crippen LogP contribution in [0.5, 0.6) is 0 Å². The minimum atomic E-state index is -5.08. The van der Waals surface area contributed by atoms with E-state index in [1.807, 2.05) is 26.8 Å². The maximum atomic E-state index is 12.2. The molecule has 2 rings (SSSR count). The van der Waals surface area contributed by atoms with Crippen LogP contribution in [0.1, 0.15) is 39.9 Å². The van der Waals surface area contributed by atoms with E-state index in [9.17, 15) is 22.8 Å². The topological polar surface area (TPSA) is 111 Å². The van der Waals surface area contributed by atoms with Crippen LogP contribution in [0.4, 0.5) is 18.0 Å². The highest BCUT2D eigenvalue weighted by molar-refractivity contribution is 8.14. The third-order valence-electron chi connectivity index (χ3n) is 3.45. The van der Waals surface area contributed by atoms with Gasteiger partial charge in [-0.25, -0.2) is 19.1 Å². The van der Waals surface area contributed by atoms with Crippen LogP contribution >= 0.6 is 11.8 Å². The Hall–Kier alpha value is -2.34. The number of imidazole rings is 1. The molecule has 1 aliphatic rings. The fourth-order valence-electron chi connectivity index (χ4n) is 2.30. The van der Waals surface area contributed by atoms with Gasteiger partial charge in [-0.2, -0.15) is 13.2 Å². The van der Waals surface area contributed by atoms with Crippen molar-refractivity contribution in [2.24, 2.45) is 0 Å². The molecule has 1 aromatic heterocycles. The number of rotatable bonds is 2. The predicted octanol–water partition coefficient (Wildman–Crippen LogP) is 3.32. The largest absolute Gasteiger partial charge is 0.490 e. The molecule has 1 unspecified atom stereocenters. The molecule has 0 amide bonds. The lowest BCUT2D eigenvalue weighted by atomic mass is 10.1. The Kier molecular flexibility index (Phi) is 9.09. The number of halogens is 3. The monoisotopic (exact) mass is 451 g/mol. The molecule has 2 heterocycles. The highest BCUT2D eigenvalue weighted by atomic mass is 32.2. The van der Waals surface area contributed by atoms with Crippen LogP contribution in [0.15, 0.2) is 18.0 Å². The normalized spacial score (nSPS) is 18.4. The number of hydrogen-bond donors (Lipinski definition) is 2. The number of carbonyl (C=O) groups is 3. The summed E-state index contributed by atoms with van der Waals surface area (Å²) in [7, 11) is 0. The SMILES string of the molecule is CC(=O)SC1CCNC/C1=C\c1nccn1C(=O)OC(C)(C)C.O=C(O)C(F)(F)F. The minimum Gasteiger partial charge on any atom is -0.475 e. The Balaban J connectivity index is 0.000000553. The molecular weight excluding hydrogens is 427 g/mol. The zero-order valence-corrected chi connectivity index (χ0v) is 17.8. The molecule has 1 fully saturated rings. The lowest BCUT2D eigenvalue weighted by molar-refractivity contribution is -0.192. The van der Waals surface area contributed by atoms with Gasteiger partial charge in [0.15, 0.2) is 5.12 Å². The summed E-state index contributed by atoms with van der Waals surface area (Å²) >= 11 is 1.33. The number of carboxylic acids is 1. The lowest BCUT2D eigenvalue weighted by Crippen LogP contribution is -2.32. The molecule has 168 valence electrons. The highest BCUT2D eigenvalue weighted by Crippen LogP contribution is 2.27. The standard InChI is InChI=1S/C16H23N3O3S.C2HF3O2/c1-11(20)23-13-5-6-17-10-12(13)9-14-18-7-8-19(14)15(21)22-16(2,3)4;3-2(4,5)1(6)7/h7-9,13,17H,5-6,10H2,1-4H3;(H,6,7)/b12-9+;. The van der Waals surface area contributed by atoms with Crippen LogP contribution in [-0.2, 0) is 14.3 Å². The number of alkyl halides is 3. The Morgan fingerprint density at radius 2 is 1.93 bits per heavy atom. The third-order valence-corrected chi connectivity index (χ3v) is 4.61. The molecule has 0 bridgehead atoms. The van der Waals surface area contributed by atoms with Gasteiger partial charge in [0.05, 0.1) is 0 Å². The van der Waals surface area contributed by atoms with Crippen molar-refractivity contribution in [1.29, 1.82) is 0 Å². The first-order valence-electron chi connectivity index (χ1n) is 8.86. The summed E-state index contributed by atoms with van der Waals surface area (Å²) in [5.74, 6) is -2.24. The van der Waals surface area contributed by atoms with Gasteiger partial charge >= 0.3 is 18.2 Å². The van der Waals surface area contributed by atoms with E-state index in [2.05, 4.69) is 10.3 Å². The lowest BCUT2D eigenvalue weighted by Gasteiger charge is -2.25. The van der Waals surface area contributed by atoms with E-state index in [4.69, 9.17) is 14.6 Å². The molecular formula is C18H24F3N3O5S. The van der Waals surface area contributed by atoms with Gasteiger partial charge in [0.25, 0.3) is 0 Å². The first-order valence-corrected chi connectivity index (χ1v) is 9.74. The first kappa shape index (κ1) is 25.7. The Morgan fingerprint density at radius 1 is 1.33 bits per heavy atom. The summed E-state index contributed by atoms with van der Waals surface area (Å²) < 4.78 is 38.5. The molecule has 0 spiro atoms. The number of ether oxygens (including phenoxy) is 1. The van der Waals surface area contributed by atoms with E-state index in [1.165, 1.54) is 16.3 Å². The number of nitrogens with zero attached hydrogens (tertiary/aromatic N) is 2. The Bertz CT molecular complexity index is 800. The minimum absolute atomic E-state index is 0.0956. The molecule has 1 aromatic rings. The van der Waals surface area contributed by atoms with Gasteiger partial charge in [-0.05, 0) is 45.4 Å². The van der Waals surface area contributed by atoms with Crippen LogP contribution in [-0.4, -0.2) is 62.0 Å². The van der Waals surface area contributed by atoms with Gasteiger partial charge in [0, 0.05) is 31.1 Å². The summed E-state index contributed by atoms with van der Waals surface area (Å²) in [5.41, 5.74) is 0.498. The van der Waals surface area contributed by atoms with Crippen LogP contribution in [0.2, 0.25) is 0 Å². The highest BCUT2D eigenvalue weighted by Gasteiger charge is 2.38. The van der Waals surface area contributed by atoms with Crippen LogP contribution in [0, 0.1) is 0 Å². The third kappa shape index (κ3) is 8.99. The number of thioether (sulfide) groups is 1. The van der Waals surface area contributed by atoms with Gasteiger partial charge in [-0.1, -0.05) is 11.8 Å². The molecule has 0 radical (unpaired) electrons. The van der Waals surface area contributed by atoms with Crippen molar-refractivity contribution in [3.05, 3.63) is 23.8 Å². The predicted molar refractivity (Wildman–Crippen MR) is 105 cm³/mol. The van der Waals surface area contributed by atoms with Crippen LogP contribution in [0.25, 0.3) is 6.08 Å². The summed E-state index contributed by atoms with van der Waals surface area (Å²) in [6.45, 7) is 8.61. The summed E-state index contributed by atoms with van der Waals surface area (Å²) in [4.78, 5) is 36.8. The van der Waals surface area contributed by atoms with Gasteiger partial charge < -0.3 is 15.2 Å². The second kappa shape index (κ2) is 10.6. The summed E-state index contributed by atoms with van der Waals surface area (Å²) in [6.07, 6.45) is 0.366. The van der Waals surface area contributed by atoms with Crippen LogP contribution in [0.3, 0.4) is 0 Å². The zero-order chi connectivity index (χ0) is 23.1. The van der Waals surface area contributed by atoms with Crippen molar-refractivity contribution in [1.82, 2.24) is 14.9 Å². The molecule has 0 saturated carbocycles. The van der Waals surface area contributed by atoms with E-state index < -0.39 is 23.8 Å². The molecule has 12 heteroatoms. The number of carboxylic acid groups (broad SMARTS) is 1. The average Bonchev–Trinajstić information content (AvgIpc) is 3.02. The average molecular weight is 451 g/mol. The maximum absolute atomic E-state index is 12.2. The van der Waals surface area contributed by atoms with E-state index in [0.29, 0.717) is 12.4 Å². The quantitative estimate of drug-likeness (QED) is 0.705. The van der Waals surface area contributed by atoms with Crippen molar-refractivity contribution in [2.75, 3.05) is 13.1 Å². The fourth-order valence-corrected chi connectivity index (χ4v) is 3.24. The second-order valence-electron chi connectivity index (χ2n) is 7.22. The number of hydrogen-bond acceptors (Lipinski definition) is 7. The van der Waals surface area contributed by atoms with Gasteiger partial charge in [-0.3, -0.25) is 4.79 Å². The molecule has 1 aliphatic heterocycles. The zero-order valence-electron chi connectivity index (χ0n) is 16.9. The number of aliphatic carboxylic acids is 1. The number of piperidine rings is 1. The number of nitrogens with one attached hydrogen (secondary N) is 1. The van der Waals surface area contributed by atoms with Crippen molar-refractivity contribution in [3.8, 4) is 0 Å². The molecule has 30 heavy (non-hydrogen) atoms. The molecule has 1 saturated heterocycles. The van der Waals surface area contributed by atoms with E-state index in [1.54, 1.807) is 19.3 Å². The van der Waals surface area contributed by atoms with E-state index in [-0.39, 0.29) is 10.4 Å². The van der Waals surface area contributed by atoms with Crippen molar-refractivity contribution in [3.63, 3.8) is 0 Å². The smallest absolute Gasteiger partial charge is 0.475 e. The first-order chi connectivity index (χ1) is 13.7. The summed E-state index contributed by atoms with van der Waals surface area (Å²) in [5, 5.41) is 10.6. The number of aromatic nitrogens is 2.